The van der Waals surface area contributed by atoms with Crippen LogP contribution in [0.3, 0.4) is 0 Å². The highest BCUT2D eigenvalue weighted by Crippen LogP contribution is 2.57. The Hall–Kier alpha value is -6.31. The number of fused-ring (bicyclic) bond motifs is 3. The van der Waals surface area contributed by atoms with Crippen molar-refractivity contribution in [3.05, 3.63) is 111 Å². The van der Waals surface area contributed by atoms with Crippen LogP contribution in [-0.4, -0.2) is 126 Å². The number of hydrogen-bond acceptors (Lipinski definition) is 11. The van der Waals surface area contributed by atoms with Gasteiger partial charge in [-0.25, -0.2) is 4.39 Å². The molecule has 0 radical (unpaired) electrons. The molecule has 4 N–H and O–H groups in total. The Morgan fingerprint density at radius 3 is 2.40 bits per heavy atom. The van der Waals surface area contributed by atoms with Crippen molar-refractivity contribution >= 4 is 58.2 Å². The molecule has 20 heteroatoms. The normalized spacial score (nSPS) is 24.7. The van der Waals surface area contributed by atoms with Crippen LogP contribution >= 0.6 is 11.6 Å². The van der Waals surface area contributed by atoms with E-state index in [1.807, 2.05) is 43.9 Å². The monoisotopic (exact) mass is 1030 g/mol. The molecule has 0 bridgehead atoms. The molecule has 1 unspecified atom stereocenters. The Morgan fingerprint density at radius 1 is 0.945 bits per heavy atom. The molecule has 4 aromatic rings. The number of alkyl halides is 3. The number of pyridine rings is 1. The Kier molecular flexibility index (Phi) is 13.2. The van der Waals surface area contributed by atoms with Gasteiger partial charge in [0.2, 0.25) is 17.7 Å². The molecule has 73 heavy (non-hydrogen) atoms. The van der Waals surface area contributed by atoms with Crippen molar-refractivity contribution in [3.8, 4) is 5.75 Å². The van der Waals surface area contributed by atoms with Crippen molar-refractivity contribution in [2.45, 2.75) is 101 Å². The van der Waals surface area contributed by atoms with Gasteiger partial charge in [0.15, 0.2) is 0 Å². The molecule has 3 aromatic carbocycles. The smallest absolute Gasteiger partial charge is 0.433 e. The van der Waals surface area contributed by atoms with Crippen molar-refractivity contribution in [1.29, 1.82) is 0 Å². The van der Waals surface area contributed by atoms with Crippen LogP contribution in [-0.2, 0) is 32.5 Å². The lowest BCUT2D eigenvalue weighted by atomic mass is 9.63. The quantitative estimate of drug-likeness (QED) is 0.101. The number of piperidine rings is 2. The predicted octanol–water partition coefficient (Wildman–Crippen LogP) is 6.95. The van der Waals surface area contributed by atoms with E-state index in [1.165, 1.54) is 19.4 Å². The molecular weight excluding hydrogens is 970 g/mol. The number of imide groups is 1. The minimum atomic E-state index is -4.70. The van der Waals surface area contributed by atoms with Gasteiger partial charge in [-0.2, -0.15) is 13.2 Å². The lowest BCUT2D eigenvalue weighted by Crippen LogP contribution is -2.54. The number of carbonyl (C=O) groups excluding carboxylic acids is 5. The fourth-order valence-electron chi connectivity index (χ4n) is 12.2. The summed E-state index contributed by atoms with van der Waals surface area (Å²) in [6.45, 7) is 10.5. The summed E-state index contributed by atoms with van der Waals surface area (Å²) in [5.41, 5.74) is 1.33. The van der Waals surface area contributed by atoms with Crippen LogP contribution in [0.2, 0.25) is 5.02 Å². The van der Waals surface area contributed by atoms with Crippen LogP contribution in [0.1, 0.15) is 102 Å². The first kappa shape index (κ1) is 50.2. The van der Waals surface area contributed by atoms with Crippen molar-refractivity contribution in [3.63, 3.8) is 0 Å². The Bertz CT molecular complexity index is 2880. The second kappa shape index (κ2) is 19.2. The van der Waals surface area contributed by atoms with Crippen molar-refractivity contribution in [2.24, 2.45) is 5.41 Å². The number of nitrogens with zero attached hydrogens (tertiary/aromatic N) is 5. The van der Waals surface area contributed by atoms with Gasteiger partial charge in [-0.15, -0.1) is 0 Å². The molecule has 5 amide bonds. The first-order valence-corrected chi connectivity index (χ1v) is 25.2. The van der Waals surface area contributed by atoms with Gasteiger partial charge < -0.3 is 35.4 Å². The predicted molar refractivity (Wildman–Crippen MR) is 265 cm³/mol. The van der Waals surface area contributed by atoms with Gasteiger partial charge in [0.1, 0.15) is 23.3 Å². The summed E-state index contributed by atoms with van der Waals surface area (Å²) >= 11 is 6.38. The zero-order valence-electron chi connectivity index (χ0n) is 41.0. The van der Waals surface area contributed by atoms with E-state index >= 15 is 4.39 Å². The number of ether oxygens (including phenoxy) is 1. The van der Waals surface area contributed by atoms with E-state index in [9.17, 15) is 37.1 Å². The minimum Gasteiger partial charge on any atom is -0.495 e. The molecule has 10 rings (SSSR count). The molecule has 5 atom stereocenters. The third-order valence-corrected chi connectivity index (χ3v) is 16.0. The van der Waals surface area contributed by atoms with Crippen LogP contribution < -0.4 is 30.9 Å². The summed E-state index contributed by atoms with van der Waals surface area (Å²) in [4.78, 5) is 78.2. The number of benzene rings is 3. The number of methoxy groups -OCH3 is 1. The molecule has 7 heterocycles. The van der Waals surface area contributed by atoms with E-state index in [-0.39, 0.29) is 63.8 Å². The van der Waals surface area contributed by atoms with Crippen LogP contribution in [0, 0.1) is 11.2 Å². The van der Waals surface area contributed by atoms with Crippen molar-refractivity contribution in [2.75, 3.05) is 68.5 Å². The number of hydrogen-bond donors (Lipinski definition) is 4. The summed E-state index contributed by atoms with van der Waals surface area (Å²) in [5, 5.41) is 11.8. The maximum absolute atomic E-state index is 16.3. The summed E-state index contributed by atoms with van der Waals surface area (Å²) in [6.07, 6.45) is -0.686. The zero-order valence-corrected chi connectivity index (χ0v) is 41.8. The second-order valence-corrected chi connectivity index (χ2v) is 21.7. The molecule has 0 aliphatic carbocycles. The number of aromatic nitrogens is 1. The van der Waals surface area contributed by atoms with E-state index in [0.717, 1.165) is 43.2 Å². The first-order chi connectivity index (χ1) is 34.7. The van der Waals surface area contributed by atoms with Gasteiger partial charge in [0.25, 0.3) is 11.8 Å². The van der Waals surface area contributed by atoms with E-state index in [4.69, 9.17) is 16.3 Å². The van der Waals surface area contributed by atoms with Gasteiger partial charge in [-0.05, 0) is 90.8 Å². The summed E-state index contributed by atoms with van der Waals surface area (Å²) in [7, 11) is 1.43. The third-order valence-electron chi connectivity index (χ3n) is 15.7. The average molecular weight is 1030 g/mol. The number of piperazine rings is 1. The average Bonchev–Trinajstić information content (AvgIpc) is 4.01. The topological polar surface area (TPSA) is 169 Å². The second-order valence-electron chi connectivity index (χ2n) is 21.3. The van der Waals surface area contributed by atoms with Gasteiger partial charge in [0.05, 0.1) is 23.9 Å². The fraction of sp³-hybridized carbons (Fsp3) is 0.472. The van der Waals surface area contributed by atoms with E-state index in [0.29, 0.717) is 68.3 Å². The van der Waals surface area contributed by atoms with Crippen LogP contribution in [0.25, 0.3) is 0 Å². The zero-order chi connectivity index (χ0) is 51.7. The standard InChI is InChI=1S/C53H58ClF4N9O6/c1-51(2,3)25-42-52(28-60-38-24-41(53(56,57)58)59-26-35(38)52)44(34-6-5-7-36(54)45(34)55)46(62-42)48(70)61-37-11-8-29(23-40(37)73-4)49(71)66-20-18-65(19-21-66)31-14-16-64(17-15-31)32-9-10-33-30(22-32)27-67(50(33)72)39-12-13-43(68)63-47(39)69/h5-11,22-24,26,31,39,42,44,46,60,62H,12-21,25,27-28H2,1-4H3,(H,61,70)(H,63,68,69)/t39?,42-,44-,46+,52-/m0/s1. The molecule has 1 aromatic heterocycles. The molecule has 6 aliphatic rings. The summed E-state index contributed by atoms with van der Waals surface area (Å²) < 4.78 is 63.8. The number of rotatable bonds is 9. The van der Waals surface area contributed by atoms with Crippen LogP contribution in [0.4, 0.5) is 34.6 Å². The number of halogens is 5. The van der Waals surface area contributed by atoms with Gasteiger partial charge >= 0.3 is 6.18 Å². The molecule has 0 saturated carbocycles. The number of anilines is 3. The van der Waals surface area contributed by atoms with Gasteiger partial charge in [-0.1, -0.05) is 44.5 Å². The maximum Gasteiger partial charge on any atom is 0.433 e. The maximum atomic E-state index is 16.3. The largest absolute Gasteiger partial charge is 0.495 e. The molecular formula is C53H58ClF4N9O6. The molecule has 4 fully saturated rings. The van der Waals surface area contributed by atoms with E-state index in [1.54, 1.807) is 35.2 Å². The van der Waals surface area contributed by atoms with Crippen LogP contribution in [0.15, 0.2) is 66.9 Å². The van der Waals surface area contributed by atoms with Crippen molar-refractivity contribution < 1.29 is 46.3 Å². The van der Waals surface area contributed by atoms with E-state index in [2.05, 4.69) is 36.1 Å². The van der Waals surface area contributed by atoms with Gasteiger partial charge in [0, 0.05) is 116 Å². The van der Waals surface area contributed by atoms with Crippen LogP contribution in [0.5, 0.6) is 5.75 Å². The number of amides is 5. The number of carbonyl (C=O) groups is 5. The molecule has 386 valence electrons. The Morgan fingerprint density at radius 2 is 1.70 bits per heavy atom. The number of nitrogens with one attached hydrogen (secondary N) is 4. The third kappa shape index (κ3) is 9.36. The van der Waals surface area contributed by atoms with E-state index < -0.39 is 59.0 Å². The van der Waals surface area contributed by atoms with Crippen molar-refractivity contribution in [1.82, 2.24) is 30.3 Å². The molecule has 15 nitrogen and oxygen atoms in total. The highest BCUT2D eigenvalue weighted by atomic mass is 35.5. The summed E-state index contributed by atoms with van der Waals surface area (Å²) in [6, 6.07) is 14.2. The first-order valence-electron chi connectivity index (χ1n) is 24.8. The lowest BCUT2D eigenvalue weighted by Gasteiger charge is -2.43. The minimum absolute atomic E-state index is 0.0882. The highest BCUT2D eigenvalue weighted by molar-refractivity contribution is 6.30. The molecule has 6 aliphatic heterocycles. The molecule has 1 spiro atoms. The Balaban J connectivity index is 0.797. The lowest BCUT2D eigenvalue weighted by molar-refractivity contribution is -0.141. The van der Waals surface area contributed by atoms with Gasteiger partial charge in [-0.3, -0.25) is 39.2 Å². The SMILES string of the molecule is COc1cc(C(=O)N2CCN(C3CCN(c4ccc5c(c4)CN(C4CCC(=O)NC4=O)C5=O)CC3)CC2)ccc1NC(=O)[C@@H]1N[C@@H](CC(C)(C)C)[C@@]2(CNc3cc(C(F)(F)F)ncc32)[C@H]1c1cccc(Cl)c1F. The molecule has 4 saturated heterocycles. The Labute approximate surface area is 425 Å². The fourth-order valence-corrected chi connectivity index (χ4v) is 12.4. The highest BCUT2D eigenvalue weighted by Gasteiger charge is 2.62. The summed E-state index contributed by atoms with van der Waals surface area (Å²) in [5.74, 6) is -3.15.